The van der Waals surface area contributed by atoms with Crippen molar-refractivity contribution in [2.45, 2.75) is 72.6 Å². The smallest absolute Gasteiger partial charge is 0.146 e. The molecule has 0 aliphatic carbocycles. The molecule has 18 heavy (non-hydrogen) atoms. The molecule has 0 bridgehead atoms. The lowest BCUT2D eigenvalue weighted by Gasteiger charge is -2.16. The molecule has 0 heterocycles. The molecule has 0 aromatic carbocycles. The van der Waals surface area contributed by atoms with Crippen molar-refractivity contribution in [2.24, 2.45) is 11.8 Å². The van der Waals surface area contributed by atoms with Gasteiger partial charge in [-0.25, -0.2) is 0 Å². The van der Waals surface area contributed by atoms with E-state index in [-0.39, 0.29) is 0 Å². The van der Waals surface area contributed by atoms with Crippen LogP contribution in [-0.2, 0) is 9.47 Å². The van der Waals surface area contributed by atoms with E-state index in [0.717, 1.165) is 37.9 Å². The summed E-state index contributed by atoms with van der Waals surface area (Å²) >= 11 is 0. The van der Waals surface area contributed by atoms with Gasteiger partial charge in [0.25, 0.3) is 0 Å². The van der Waals surface area contributed by atoms with Gasteiger partial charge in [0.05, 0.1) is 0 Å². The molecule has 110 valence electrons. The normalized spacial score (nSPS) is 14.7. The Bertz CT molecular complexity index is 159. The molecule has 2 heteroatoms. The minimum atomic E-state index is 0.473. The van der Waals surface area contributed by atoms with Gasteiger partial charge in [0, 0.05) is 13.2 Å². The van der Waals surface area contributed by atoms with Crippen LogP contribution in [0.1, 0.15) is 72.6 Å². The third kappa shape index (κ3) is 12.4. The van der Waals surface area contributed by atoms with Crippen molar-refractivity contribution in [3.63, 3.8) is 0 Å². The summed E-state index contributed by atoms with van der Waals surface area (Å²) in [6.45, 7) is 11.3. The molecule has 0 saturated heterocycles. The number of unbranched alkanes of at least 4 members (excludes halogenated alkanes) is 1. The summed E-state index contributed by atoms with van der Waals surface area (Å²) in [5, 5.41) is 0. The van der Waals surface area contributed by atoms with E-state index in [9.17, 15) is 0 Å². The summed E-state index contributed by atoms with van der Waals surface area (Å²) < 4.78 is 10.8. The van der Waals surface area contributed by atoms with Crippen molar-refractivity contribution < 1.29 is 9.47 Å². The maximum atomic E-state index is 5.46. The van der Waals surface area contributed by atoms with Crippen molar-refractivity contribution in [1.82, 2.24) is 0 Å². The van der Waals surface area contributed by atoms with Crippen LogP contribution in [0.25, 0.3) is 0 Å². The van der Waals surface area contributed by atoms with Crippen LogP contribution in [-0.4, -0.2) is 20.0 Å². The molecule has 0 rings (SSSR count). The van der Waals surface area contributed by atoms with Crippen molar-refractivity contribution in [1.29, 1.82) is 0 Å². The van der Waals surface area contributed by atoms with Crippen LogP contribution in [0.3, 0.4) is 0 Å². The Morgan fingerprint density at radius 2 is 1.39 bits per heavy atom. The first kappa shape index (κ1) is 17.9. The zero-order valence-corrected chi connectivity index (χ0v) is 13.0. The van der Waals surface area contributed by atoms with E-state index in [0.29, 0.717) is 6.79 Å². The van der Waals surface area contributed by atoms with Crippen LogP contribution < -0.4 is 0 Å². The molecule has 2 unspecified atom stereocenters. The Labute approximate surface area is 114 Å². The van der Waals surface area contributed by atoms with Gasteiger partial charge in [-0.15, -0.1) is 0 Å². The molecular formula is C16H34O2. The van der Waals surface area contributed by atoms with Crippen LogP contribution in [0.4, 0.5) is 0 Å². The zero-order valence-electron chi connectivity index (χ0n) is 13.0. The Morgan fingerprint density at radius 3 is 2.00 bits per heavy atom. The van der Waals surface area contributed by atoms with Gasteiger partial charge in [-0.3, -0.25) is 0 Å². The van der Waals surface area contributed by atoms with Gasteiger partial charge in [-0.05, 0) is 37.5 Å². The summed E-state index contributed by atoms with van der Waals surface area (Å²) in [5.74, 6) is 1.71. The van der Waals surface area contributed by atoms with Gasteiger partial charge >= 0.3 is 0 Å². The van der Waals surface area contributed by atoms with Crippen LogP contribution in [0.5, 0.6) is 0 Å². The average molecular weight is 258 g/mol. The molecule has 2 nitrogen and oxygen atoms in total. The van der Waals surface area contributed by atoms with E-state index in [1.54, 1.807) is 0 Å². The van der Waals surface area contributed by atoms with Gasteiger partial charge in [0.1, 0.15) is 6.79 Å². The van der Waals surface area contributed by atoms with E-state index < -0.39 is 0 Å². The molecule has 0 saturated carbocycles. The third-order valence-corrected chi connectivity index (χ3v) is 3.38. The summed E-state index contributed by atoms with van der Waals surface area (Å²) in [5.41, 5.74) is 0. The lowest BCUT2D eigenvalue weighted by molar-refractivity contribution is -0.0558. The number of rotatable bonds is 13. The quantitative estimate of drug-likeness (QED) is 0.341. The molecule has 0 aliphatic rings. The fourth-order valence-corrected chi connectivity index (χ4v) is 2.37. The molecule has 0 aliphatic heterocycles. The zero-order chi connectivity index (χ0) is 13.6. The second-order valence-corrected chi connectivity index (χ2v) is 5.66. The fourth-order valence-electron chi connectivity index (χ4n) is 2.37. The maximum Gasteiger partial charge on any atom is 0.146 e. The maximum absolute atomic E-state index is 5.46. The Hall–Kier alpha value is -0.0800. The Balaban J connectivity index is 3.22. The Morgan fingerprint density at radius 1 is 0.778 bits per heavy atom. The minimum absolute atomic E-state index is 0.473. The highest BCUT2D eigenvalue weighted by Crippen LogP contribution is 2.20. The lowest BCUT2D eigenvalue weighted by atomic mass is 9.91. The molecule has 0 radical (unpaired) electrons. The van der Waals surface area contributed by atoms with Crippen molar-refractivity contribution in [2.75, 3.05) is 20.0 Å². The number of ether oxygens (including phenoxy) is 2. The third-order valence-electron chi connectivity index (χ3n) is 3.38. The lowest BCUT2D eigenvalue weighted by Crippen LogP contribution is -2.06. The Kier molecular flexibility index (Phi) is 13.3. The SMILES string of the molecule is CCCCOCOCCCC(C)CC(C)CCC. The molecule has 0 spiro atoms. The van der Waals surface area contributed by atoms with E-state index in [1.165, 1.54) is 32.1 Å². The predicted octanol–water partition coefficient (Wildman–Crippen LogP) is 5.02. The first-order valence-corrected chi connectivity index (χ1v) is 7.86. The van der Waals surface area contributed by atoms with Crippen LogP contribution >= 0.6 is 0 Å². The van der Waals surface area contributed by atoms with Crippen molar-refractivity contribution in [3.05, 3.63) is 0 Å². The first-order chi connectivity index (χ1) is 8.70. The molecular weight excluding hydrogens is 224 g/mol. The van der Waals surface area contributed by atoms with Crippen LogP contribution in [0, 0.1) is 11.8 Å². The van der Waals surface area contributed by atoms with E-state index in [2.05, 4.69) is 27.7 Å². The predicted molar refractivity (Wildman–Crippen MR) is 78.8 cm³/mol. The van der Waals surface area contributed by atoms with Gasteiger partial charge < -0.3 is 9.47 Å². The second kappa shape index (κ2) is 13.4. The summed E-state index contributed by atoms with van der Waals surface area (Å²) in [4.78, 5) is 0. The molecule has 0 amide bonds. The van der Waals surface area contributed by atoms with Gasteiger partial charge in [-0.2, -0.15) is 0 Å². The first-order valence-electron chi connectivity index (χ1n) is 7.86. The fraction of sp³-hybridized carbons (Fsp3) is 1.00. The van der Waals surface area contributed by atoms with E-state index >= 15 is 0 Å². The average Bonchev–Trinajstić information content (AvgIpc) is 2.32. The number of hydrogen-bond acceptors (Lipinski definition) is 2. The standard InChI is InChI=1S/C16H34O2/c1-5-7-11-17-14-18-12-8-10-16(4)13-15(3)9-6-2/h15-16H,5-14H2,1-4H3. The van der Waals surface area contributed by atoms with E-state index in [1.807, 2.05) is 0 Å². The molecule has 2 atom stereocenters. The van der Waals surface area contributed by atoms with Gasteiger partial charge in [0.15, 0.2) is 0 Å². The summed E-state index contributed by atoms with van der Waals surface area (Å²) in [6.07, 6.45) is 8.81. The summed E-state index contributed by atoms with van der Waals surface area (Å²) in [6, 6.07) is 0. The highest BCUT2D eigenvalue weighted by atomic mass is 16.7. The molecule has 0 aromatic rings. The largest absolute Gasteiger partial charge is 0.355 e. The van der Waals surface area contributed by atoms with Gasteiger partial charge in [0.2, 0.25) is 0 Å². The highest BCUT2D eigenvalue weighted by Gasteiger charge is 2.07. The molecule has 0 N–H and O–H groups in total. The van der Waals surface area contributed by atoms with Crippen molar-refractivity contribution in [3.8, 4) is 0 Å². The van der Waals surface area contributed by atoms with E-state index in [4.69, 9.17) is 9.47 Å². The minimum Gasteiger partial charge on any atom is -0.355 e. The van der Waals surface area contributed by atoms with Crippen LogP contribution in [0.2, 0.25) is 0 Å². The van der Waals surface area contributed by atoms with Crippen LogP contribution in [0.15, 0.2) is 0 Å². The molecule has 0 fully saturated rings. The molecule has 0 aromatic heterocycles. The monoisotopic (exact) mass is 258 g/mol. The summed E-state index contributed by atoms with van der Waals surface area (Å²) in [7, 11) is 0. The number of hydrogen-bond donors (Lipinski definition) is 0. The highest BCUT2D eigenvalue weighted by molar-refractivity contribution is 4.59. The van der Waals surface area contributed by atoms with Crippen molar-refractivity contribution >= 4 is 0 Å². The van der Waals surface area contributed by atoms with Gasteiger partial charge in [-0.1, -0.05) is 47.0 Å². The topological polar surface area (TPSA) is 18.5 Å². The second-order valence-electron chi connectivity index (χ2n) is 5.66.